The van der Waals surface area contributed by atoms with Gasteiger partial charge >= 0.3 is 0 Å². The van der Waals surface area contributed by atoms with Gasteiger partial charge in [-0.05, 0) is 70.5 Å². The quantitative estimate of drug-likeness (QED) is 0.648. The first-order valence-corrected chi connectivity index (χ1v) is 7.21. The van der Waals surface area contributed by atoms with Crippen LogP contribution in [0.25, 0.3) is 0 Å². The van der Waals surface area contributed by atoms with Crippen molar-refractivity contribution in [1.29, 1.82) is 0 Å². The molecule has 0 amide bonds. The van der Waals surface area contributed by atoms with Crippen molar-refractivity contribution in [2.24, 2.45) is 5.92 Å². The predicted molar refractivity (Wildman–Crippen MR) is 69.4 cm³/mol. The van der Waals surface area contributed by atoms with Gasteiger partial charge in [0.2, 0.25) is 0 Å². The van der Waals surface area contributed by atoms with Crippen molar-refractivity contribution in [3.63, 3.8) is 0 Å². The van der Waals surface area contributed by atoms with Crippen LogP contribution in [0, 0.1) is 12.3 Å². The number of hydrogen-bond donors (Lipinski definition) is 2. The summed E-state index contributed by atoms with van der Waals surface area (Å²) in [5.74, 6) is 0.966. The monoisotopic (exact) mass is 223 g/mol. The molecule has 2 saturated heterocycles. The third kappa shape index (κ3) is 4.42. The summed E-state index contributed by atoms with van der Waals surface area (Å²) < 4.78 is 0. The van der Waals surface area contributed by atoms with Crippen LogP contribution >= 0.6 is 0 Å². The molecule has 0 aliphatic carbocycles. The molecule has 2 atom stereocenters. The molecule has 2 nitrogen and oxygen atoms in total. The fourth-order valence-corrected chi connectivity index (χ4v) is 2.97. The Balaban J connectivity index is 1.37. The molecule has 0 saturated carbocycles. The van der Waals surface area contributed by atoms with Crippen LogP contribution in [-0.4, -0.2) is 25.7 Å². The van der Waals surface area contributed by atoms with E-state index in [9.17, 15) is 0 Å². The molecule has 2 N–H and O–H groups in total. The normalized spacial score (nSPS) is 30.0. The van der Waals surface area contributed by atoms with Crippen LogP contribution < -0.4 is 10.6 Å². The first kappa shape index (κ1) is 12.4. The van der Waals surface area contributed by atoms with E-state index in [1.54, 1.807) is 0 Å². The van der Waals surface area contributed by atoms with Crippen LogP contribution in [0.5, 0.6) is 0 Å². The Morgan fingerprint density at radius 3 is 2.81 bits per heavy atom. The maximum atomic E-state index is 3.57. The molecule has 2 heterocycles. The molecule has 0 aromatic heterocycles. The highest BCUT2D eigenvalue weighted by molar-refractivity contribution is 4.77. The maximum Gasteiger partial charge on any atom is 0.00675 e. The zero-order chi connectivity index (χ0) is 11.1. The SMILES string of the molecule is [CH](CCCC1CCCN1)CCC1CCNC1. The molecule has 0 bridgehead atoms. The average Bonchev–Trinajstić information content (AvgIpc) is 2.96. The fourth-order valence-electron chi connectivity index (χ4n) is 2.97. The van der Waals surface area contributed by atoms with E-state index in [1.807, 2.05) is 0 Å². The van der Waals surface area contributed by atoms with Crippen LogP contribution in [0.15, 0.2) is 0 Å². The summed E-state index contributed by atoms with van der Waals surface area (Å²) in [6.45, 7) is 3.76. The Morgan fingerprint density at radius 2 is 2.06 bits per heavy atom. The Labute approximate surface area is 101 Å². The zero-order valence-electron chi connectivity index (χ0n) is 10.5. The van der Waals surface area contributed by atoms with Gasteiger partial charge in [0.1, 0.15) is 0 Å². The largest absolute Gasteiger partial charge is 0.316 e. The minimum Gasteiger partial charge on any atom is -0.316 e. The summed E-state index contributed by atoms with van der Waals surface area (Å²) in [6.07, 6.45) is 13.6. The van der Waals surface area contributed by atoms with E-state index in [0.29, 0.717) is 0 Å². The molecule has 2 aliphatic rings. The van der Waals surface area contributed by atoms with Crippen LogP contribution in [0.4, 0.5) is 0 Å². The first-order chi connectivity index (χ1) is 7.95. The highest BCUT2D eigenvalue weighted by Crippen LogP contribution is 2.17. The number of unbranched alkanes of at least 4 members (excludes halogenated alkanes) is 3. The number of rotatable bonds is 7. The van der Waals surface area contributed by atoms with E-state index in [0.717, 1.165) is 12.0 Å². The number of nitrogens with one attached hydrogen (secondary N) is 2. The van der Waals surface area contributed by atoms with E-state index in [2.05, 4.69) is 17.1 Å². The molecule has 2 heteroatoms. The summed E-state index contributed by atoms with van der Waals surface area (Å²) in [5.41, 5.74) is 0. The molecule has 1 radical (unpaired) electrons. The summed E-state index contributed by atoms with van der Waals surface area (Å²) in [4.78, 5) is 0. The second-order valence-electron chi connectivity index (χ2n) is 5.45. The van der Waals surface area contributed by atoms with Crippen molar-refractivity contribution < 1.29 is 0 Å². The summed E-state index contributed by atoms with van der Waals surface area (Å²) in [6, 6.07) is 0.840. The van der Waals surface area contributed by atoms with Crippen molar-refractivity contribution in [2.45, 2.75) is 57.4 Å². The van der Waals surface area contributed by atoms with Gasteiger partial charge in [-0.1, -0.05) is 12.8 Å². The topological polar surface area (TPSA) is 24.1 Å². The third-order valence-electron chi connectivity index (χ3n) is 4.06. The average molecular weight is 223 g/mol. The molecule has 2 unspecified atom stereocenters. The van der Waals surface area contributed by atoms with Gasteiger partial charge in [0.15, 0.2) is 0 Å². The highest BCUT2D eigenvalue weighted by atomic mass is 14.9. The highest BCUT2D eigenvalue weighted by Gasteiger charge is 2.14. The molecule has 0 spiro atoms. The Hall–Kier alpha value is -0.0800. The molecule has 0 aromatic carbocycles. The van der Waals surface area contributed by atoms with E-state index < -0.39 is 0 Å². The van der Waals surface area contributed by atoms with Gasteiger partial charge in [0.05, 0.1) is 0 Å². The van der Waals surface area contributed by atoms with Crippen molar-refractivity contribution in [3.8, 4) is 0 Å². The maximum absolute atomic E-state index is 3.57. The van der Waals surface area contributed by atoms with Crippen molar-refractivity contribution >= 4 is 0 Å². The molecule has 2 aliphatic heterocycles. The molecule has 0 aromatic rings. The second-order valence-corrected chi connectivity index (χ2v) is 5.45. The van der Waals surface area contributed by atoms with Crippen LogP contribution in [0.3, 0.4) is 0 Å². The lowest BCUT2D eigenvalue weighted by atomic mass is 9.99. The van der Waals surface area contributed by atoms with E-state index in [-0.39, 0.29) is 0 Å². The Kier molecular flexibility index (Phi) is 5.64. The van der Waals surface area contributed by atoms with E-state index >= 15 is 0 Å². The van der Waals surface area contributed by atoms with Crippen LogP contribution in [0.2, 0.25) is 0 Å². The third-order valence-corrected chi connectivity index (χ3v) is 4.06. The van der Waals surface area contributed by atoms with Gasteiger partial charge < -0.3 is 10.6 Å². The molecule has 2 rings (SSSR count). The van der Waals surface area contributed by atoms with Gasteiger partial charge in [-0.3, -0.25) is 0 Å². The lowest BCUT2D eigenvalue weighted by molar-refractivity contribution is 0.506. The van der Waals surface area contributed by atoms with E-state index in [1.165, 1.54) is 71.0 Å². The predicted octanol–water partition coefficient (Wildman–Crippen LogP) is 2.50. The summed E-state index contributed by atoms with van der Waals surface area (Å²) in [7, 11) is 0. The van der Waals surface area contributed by atoms with Crippen molar-refractivity contribution in [1.82, 2.24) is 10.6 Å². The molecular weight excluding hydrogens is 196 g/mol. The zero-order valence-corrected chi connectivity index (χ0v) is 10.5. The van der Waals surface area contributed by atoms with Crippen LogP contribution in [-0.2, 0) is 0 Å². The fraction of sp³-hybridized carbons (Fsp3) is 0.929. The Morgan fingerprint density at radius 1 is 1.06 bits per heavy atom. The van der Waals surface area contributed by atoms with Gasteiger partial charge in [0, 0.05) is 6.04 Å². The molecule has 2 fully saturated rings. The van der Waals surface area contributed by atoms with E-state index in [4.69, 9.17) is 0 Å². The second kappa shape index (κ2) is 7.29. The summed E-state index contributed by atoms with van der Waals surface area (Å²) in [5, 5.41) is 7.01. The van der Waals surface area contributed by atoms with Gasteiger partial charge in [-0.15, -0.1) is 0 Å². The lowest BCUT2D eigenvalue weighted by Crippen LogP contribution is -2.20. The van der Waals surface area contributed by atoms with Gasteiger partial charge in [-0.2, -0.15) is 0 Å². The number of hydrogen-bond acceptors (Lipinski definition) is 2. The van der Waals surface area contributed by atoms with Crippen molar-refractivity contribution in [2.75, 3.05) is 19.6 Å². The van der Waals surface area contributed by atoms with Crippen molar-refractivity contribution in [3.05, 3.63) is 6.42 Å². The smallest absolute Gasteiger partial charge is 0.00675 e. The summed E-state index contributed by atoms with van der Waals surface area (Å²) >= 11 is 0. The van der Waals surface area contributed by atoms with Gasteiger partial charge in [-0.25, -0.2) is 0 Å². The van der Waals surface area contributed by atoms with Gasteiger partial charge in [0.25, 0.3) is 0 Å². The standard InChI is InChI=1S/C14H27N2/c1(3-6-13-9-11-15-12-13)2-4-7-14-8-5-10-16-14/h1,13-16H,2-12H2. The molecule has 93 valence electrons. The lowest BCUT2D eigenvalue weighted by Gasteiger charge is -2.10. The van der Waals surface area contributed by atoms with Crippen LogP contribution in [0.1, 0.15) is 51.4 Å². The molecular formula is C14H27N2. The molecule has 16 heavy (non-hydrogen) atoms. The minimum atomic E-state index is 0.840. The first-order valence-electron chi connectivity index (χ1n) is 7.21. The Bertz CT molecular complexity index is 150. The minimum absolute atomic E-state index is 0.840.